The van der Waals surface area contributed by atoms with Crippen molar-refractivity contribution < 1.29 is 0 Å². The number of nitrogens with zero attached hydrogens (tertiary/aromatic N) is 3. The fraction of sp³-hybridized carbons (Fsp3) is 0.333. The van der Waals surface area contributed by atoms with Crippen molar-refractivity contribution in [3.8, 4) is 0 Å². The maximum absolute atomic E-state index is 5.99. The monoisotopic (exact) mass is 250 g/mol. The molecule has 0 aliphatic heterocycles. The number of hydrogen-bond donors (Lipinski definition) is 1. The summed E-state index contributed by atoms with van der Waals surface area (Å²) in [7, 11) is 0. The molecule has 0 aliphatic carbocycles. The zero-order valence-corrected chi connectivity index (χ0v) is 10.6. The van der Waals surface area contributed by atoms with Crippen molar-refractivity contribution in [3.05, 3.63) is 46.5 Å². The summed E-state index contributed by atoms with van der Waals surface area (Å²) in [6.45, 7) is 4.26. The van der Waals surface area contributed by atoms with Crippen LogP contribution in [0.4, 0.5) is 0 Å². The summed E-state index contributed by atoms with van der Waals surface area (Å²) in [6.07, 6.45) is 0. The molecular weight excluding hydrogens is 236 g/mol. The van der Waals surface area contributed by atoms with Crippen LogP contribution in [0.15, 0.2) is 24.3 Å². The molecule has 2 aromatic rings. The molecule has 0 fully saturated rings. The van der Waals surface area contributed by atoms with E-state index in [0.717, 1.165) is 17.2 Å². The van der Waals surface area contributed by atoms with Gasteiger partial charge >= 0.3 is 0 Å². The van der Waals surface area contributed by atoms with Gasteiger partial charge in [0.1, 0.15) is 11.6 Å². The number of hydrogen-bond acceptors (Lipinski definition) is 3. The van der Waals surface area contributed by atoms with E-state index in [9.17, 15) is 0 Å². The van der Waals surface area contributed by atoms with Crippen LogP contribution in [0.5, 0.6) is 0 Å². The van der Waals surface area contributed by atoms with Crippen LogP contribution in [0.2, 0.25) is 5.02 Å². The van der Waals surface area contributed by atoms with Crippen molar-refractivity contribution in [1.29, 1.82) is 0 Å². The second-order valence-electron chi connectivity index (χ2n) is 3.96. The molecular formula is C12H15ClN4. The average Bonchev–Trinajstić information content (AvgIpc) is 2.59. The zero-order valence-electron chi connectivity index (χ0n) is 9.89. The van der Waals surface area contributed by atoms with E-state index >= 15 is 0 Å². The molecule has 2 N–H and O–H groups in total. The normalized spacial score (nSPS) is 12.7. The first kappa shape index (κ1) is 12.1. The van der Waals surface area contributed by atoms with Crippen molar-refractivity contribution in [2.24, 2.45) is 5.73 Å². The minimum atomic E-state index is -0.0186. The Hall–Kier alpha value is -1.39. The van der Waals surface area contributed by atoms with E-state index in [1.54, 1.807) is 0 Å². The summed E-state index contributed by atoms with van der Waals surface area (Å²) in [4.78, 5) is 4.29. The maximum atomic E-state index is 5.99. The first-order valence-electron chi connectivity index (χ1n) is 5.47. The summed E-state index contributed by atoms with van der Waals surface area (Å²) in [5.41, 5.74) is 6.88. The predicted molar refractivity (Wildman–Crippen MR) is 68.1 cm³/mol. The van der Waals surface area contributed by atoms with Crippen LogP contribution < -0.4 is 5.73 Å². The summed E-state index contributed by atoms with van der Waals surface area (Å²) in [6, 6.07) is 7.65. The highest BCUT2D eigenvalue weighted by atomic mass is 35.5. The fourth-order valence-corrected chi connectivity index (χ4v) is 2.12. The number of benzene rings is 1. The Bertz CT molecular complexity index is 521. The molecule has 1 aromatic heterocycles. The zero-order chi connectivity index (χ0) is 12.4. The van der Waals surface area contributed by atoms with Gasteiger partial charge in [0.2, 0.25) is 0 Å². The molecule has 5 heteroatoms. The molecule has 1 atom stereocenters. The predicted octanol–water partition coefficient (Wildman–Crippen LogP) is 2.10. The minimum absolute atomic E-state index is 0.0186. The number of halogens is 1. The van der Waals surface area contributed by atoms with Crippen LogP contribution in [0.25, 0.3) is 0 Å². The highest BCUT2D eigenvalue weighted by Crippen LogP contribution is 2.21. The topological polar surface area (TPSA) is 56.7 Å². The van der Waals surface area contributed by atoms with Gasteiger partial charge in [-0.2, -0.15) is 5.10 Å². The molecule has 0 amide bonds. The van der Waals surface area contributed by atoms with Crippen LogP contribution in [-0.2, 0) is 0 Å². The Labute approximate surface area is 105 Å². The SMILES string of the molecule is Cc1nc(C)n(C(CN)c2cccc(Cl)c2)n1. The van der Waals surface area contributed by atoms with Crippen molar-refractivity contribution in [1.82, 2.24) is 14.8 Å². The summed E-state index contributed by atoms with van der Waals surface area (Å²) >= 11 is 5.99. The third-order valence-corrected chi connectivity index (χ3v) is 2.89. The Morgan fingerprint density at radius 1 is 1.41 bits per heavy atom. The third kappa shape index (κ3) is 2.48. The van der Waals surface area contributed by atoms with Gasteiger partial charge < -0.3 is 5.73 Å². The lowest BCUT2D eigenvalue weighted by atomic mass is 10.1. The van der Waals surface area contributed by atoms with Gasteiger partial charge in [0.05, 0.1) is 6.04 Å². The molecule has 1 unspecified atom stereocenters. The highest BCUT2D eigenvalue weighted by Gasteiger charge is 2.16. The van der Waals surface area contributed by atoms with Gasteiger partial charge in [0.25, 0.3) is 0 Å². The molecule has 1 heterocycles. The quantitative estimate of drug-likeness (QED) is 0.908. The number of rotatable bonds is 3. The summed E-state index contributed by atoms with van der Waals surface area (Å²) < 4.78 is 1.85. The second-order valence-corrected chi connectivity index (χ2v) is 4.39. The van der Waals surface area contributed by atoms with Crippen LogP contribution in [0.3, 0.4) is 0 Å². The molecule has 0 saturated heterocycles. The van der Waals surface area contributed by atoms with Crippen molar-refractivity contribution in [2.45, 2.75) is 19.9 Å². The smallest absolute Gasteiger partial charge is 0.147 e. The number of nitrogens with two attached hydrogens (primary N) is 1. The van der Waals surface area contributed by atoms with Crippen molar-refractivity contribution in [3.63, 3.8) is 0 Å². The molecule has 0 saturated carbocycles. The molecule has 17 heavy (non-hydrogen) atoms. The Morgan fingerprint density at radius 3 is 2.71 bits per heavy atom. The van der Waals surface area contributed by atoms with E-state index in [-0.39, 0.29) is 6.04 Å². The van der Waals surface area contributed by atoms with Gasteiger partial charge in [-0.25, -0.2) is 9.67 Å². The molecule has 90 valence electrons. The number of aromatic nitrogens is 3. The molecule has 4 nitrogen and oxygen atoms in total. The first-order chi connectivity index (χ1) is 8.11. The lowest BCUT2D eigenvalue weighted by molar-refractivity contribution is 0.514. The standard InChI is InChI=1S/C12H15ClN4/c1-8-15-9(2)17(16-8)12(7-14)10-4-3-5-11(13)6-10/h3-6,12H,7,14H2,1-2H3. The molecule has 0 radical (unpaired) electrons. The third-order valence-electron chi connectivity index (χ3n) is 2.66. The average molecular weight is 251 g/mol. The van der Waals surface area contributed by atoms with Crippen molar-refractivity contribution in [2.75, 3.05) is 6.54 Å². The van der Waals surface area contributed by atoms with Gasteiger partial charge in [0, 0.05) is 11.6 Å². The molecule has 0 aliphatic rings. The van der Waals surface area contributed by atoms with Crippen LogP contribution in [0.1, 0.15) is 23.3 Å². The van der Waals surface area contributed by atoms with E-state index in [1.807, 2.05) is 42.8 Å². The summed E-state index contributed by atoms with van der Waals surface area (Å²) in [5, 5.41) is 5.07. The lowest BCUT2D eigenvalue weighted by Crippen LogP contribution is -2.22. The minimum Gasteiger partial charge on any atom is -0.328 e. The maximum Gasteiger partial charge on any atom is 0.147 e. The summed E-state index contributed by atoms with van der Waals surface area (Å²) in [5.74, 6) is 1.61. The molecule has 1 aromatic carbocycles. The molecule has 2 rings (SSSR count). The van der Waals surface area contributed by atoms with Crippen LogP contribution in [-0.4, -0.2) is 21.3 Å². The highest BCUT2D eigenvalue weighted by molar-refractivity contribution is 6.30. The van der Waals surface area contributed by atoms with Crippen molar-refractivity contribution >= 4 is 11.6 Å². The van der Waals surface area contributed by atoms with Gasteiger partial charge in [-0.15, -0.1) is 0 Å². The van der Waals surface area contributed by atoms with Gasteiger partial charge in [0.15, 0.2) is 0 Å². The van der Waals surface area contributed by atoms with E-state index in [4.69, 9.17) is 17.3 Å². The van der Waals surface area contributed by atoms with E-state index in [1.165, 1.54) is 0 Å². The lowest BCUT2D eigenvalue weighted by Gasteiger charge is -2.17. The Kier molecular flexibility index (Phi) is 3.45. The second kappa shape index (κ2) is 4.85. The van der Waals surface area contributed by atoms with Gasteiger partial charge in [-0.3, -0.25) is 0 Å². The Balaban J connectivity index is 2.43. The first-order valence-corrected chi connectivity index (χ1v) is 5.85. The molecule has 0 spiro atoms. The fourth-order valence-electron chi connectivity index (χ4n) is 1.92. The van der Waals surface area contributed by atoms with E-state index in [2.05, 4.69) is 10.1 Å². The van der Waals surface area contributed by atoms with E-state index < -0.39 is 0 Å². The van der Waals surface area contributed by atoms with Gasteiger partial charge in [-0.1, -0.05) is 23.7 Å². The van der Waals surface area contributed by atoms with Crippen LogP contribution in [0, 0.1) is 13.8 Å². The van der Waals surface area contributed by atoms with E-state index in [0.29, 0.717) is 11.6 Å². The van der Waals surface area contributed by atoms with Gasteiger partial charge in [-0.05, 0) is 31.5 Å². The number of aryl methyl sites for hydroxylation is 2. The van der Waals surface area contributed by atoms with Crippen LogP contribution >= 0.6 is 11.6 Å². The molecule has 0 bridgehead atoms. The largest absolute Gasteiger partial charge is 0.328 e. The Morgan fingerprint density at radius 2 is 2.18 bits per heavy atom.